The summed E-state index contributed by atoms with van der Waals surface area (Å²) < 4.78 is 131. The Balaban J connectivity index is 0.000000426. The van der Waals surface area contributed by atoms with Crippen molar-refractivity contribution >= 4 is 18.2 Å². The summed E-state index contributed by atoms with van der Waals surface area (Å²) in [5, 5.41) is 0. The van der Waals surface area contributed by atoms with Crippen molar-refractivity contribution in [3.05, 3.63) is 58.2 Å². The van der Waals surface area contributed by atoms with Crippen LogP contribution in [0.3, 0.4) is 0 Å². The number of nitrogens with zero attached hydrogens (tertiary/aromatic N) is 1. The van der Waals surface area contributed by atoms with Crippen molar-refractivity contribution in [1.29, 1.82) is 0 Å². The highest BCUT2D eigenvalue weighted by atomic mass is 19.2. The van der Waals surface area contributed by atoms with Gasteiger partial charge in [-0.25, -0.2) is 43.9 Å². The highest BCUT2D eigenvalue weighted by Gasteiger charge is 2.31. The molecule has 0 N–H and O–H groups in total. The molecule has 1 radical (unpaired) electrons. The standard InChI is InChI=1S/C12BF10.C12H27N/c14-3-1(4(15)8(19)11(22)7(3)18)13-2-5(16)9(20)12(23)10(21)6(2)17;1-4-7-10-13(11-8-5-2)12-9-6-3/h;4-12H2,1-3H3. The number of benzene rings is 2. The Kier molecular flexibility index (Phi) is 13.4. The van der Waals surface area contributed by atoms with Gasteiger partial charge in [0, 0.05) is 0 Å². The SMILES string of the molecule is CCCCN(CCCC)CCCC.Fc1c(F)c(F)c([B]c2c(F)c(F)c(F)c(F)c2F)c(F)c1F. The van der Waals surface area contributed by atoms with E-state index in [4.69, 9.17) is 0 Å². The Labute approximate surface area is 204 Å². The van der Waals surface area contributed by atoms with Crippen LogP contribution in [0.25, 0.3) is 0 Å². The van der Waals surface area contributed by atoms with Crippen LogP contribution in [0.15, 0.2) is 0 Å². The van der Waals surface area contributed by atoms with Crippen molar-refractivity contribution in [2.45, 2.75) is 59.3 Å². The summed E-state index contributed by atoms with van der Waals surface area (Å²) >= 11 is 0. The first-order chi connectivity index (χ1) is 16.9. The molecule has 0 aliphatic rings. The van der Waals surface area contributed by atoms with E-state index in [9.17, 15) is 43.9 Å². The van der Waals surface area contributed by atoms with E-state index in [1.165, 1.54) is 58.2 Å². The van der Waals surface area contributed by atoms with Crippen molar-refractivity contribution in [2.75, 3.05) is 19.6 Å². The van der Waals surface area contributed by atoms with Crippen LogP contribution >= 0.6 is 0 Å². The zero-order valence-electron chi connectivity index (χ0n) is 20.2. The number of rotatable bonds is 11. The van der Waals surface area contributed by atoms with Gasteiger partial charge in [0.1, 0.15) is 0 Å². The molecule has 0 fully saturated rings. The quantitative estimate of drug-likeness (QED) is 0.140. The molecule has 0 amide bonds. The summed E-state index contributed by atoms with van der Waals surface area (Å²) in [6, 6.07) is 0. The Morgan fingerprint density at radius 2 is 0.639 bits per heavy atom. The fourth-order valence-corrected chi connectivity index (χ4v) is 3.12. The summed E-state index contributed by atoms with van der Waals surface area (Å²) in [6.45, 7) is 10.8. The topological polar surface area (TPSA) is 3.24 Å². The number of hydrogen-bond acceptors (Lipinski definition) is 1. The molecule has 0 spiro atoms. The predicted molar refractivity (Wildman–Crippen MR) is 119 cm³/mol. The lowest BCUT2D eigenvalue weighted by atomic mass is 9.62. The molecule has 0 saturated carbocycles. The van der Waals surface area contributed by atoms with Crippen molar-refractivity contribution in [1.82, 2.24) is 4.90 Å². The molecular weight excluding hydrogens is 503 g/mol. The molecular formula is C24H27BF10N. The molecule has 0 saturated heterocycles. The minimum atomic E-state index is -2.55. The first-order valence-electron chi connectivity index (χ1n) is 11.5. The fourth-order valence-electron chi connectivity index (χ4n) is 3.12. The second-order valence-corrected chi connectivity index (χ2v) is 8.01. The van der Waals surface area contributed by atoms with Gasteiger partial charge in [-0.05, 0) is 49.8 Å². The lowest BCUT2D eigenvalue weighted by Crippen LogP contribution is -2.39. The van der Waals surface area contributed by atoms with E-state index in [0.29, 0.717) is 0 Å². The van der Waals surface area contributed by atoms with Gasteiger partial charge >= 0.3 is 0 Å². The Hall–Kier alpha value is -2.24. The molecule has 0 heterocycles. The van der Waals surface area contributed by atoms with Crippen molar-refractivity contribution < 1.29 is 43.9 Å². The molecule has 36 heavy (non-hydrogen) atoms. The van der Waals surface area contributed by atoms with Gasteiger partial charge in [0.25, 0.3) is 0 Å². The molecule has 12 heteroatoms. The predicted octanol–water partition coefficient (Wildman–Crippen LogP) is 6.42. The normalized spacial score (nSPS) is 11.1. The lowest BCUT2D eigenvalue weighted by Gasteiger charge is -2.21. The average molecular weight is 530 g/mol. The van der Waals surface area contributed by atoms with E-state index in [1.54, 1.807) is 0 Å². The summed E-state index contributed by atoms with van der Waals surface area (Å²) in [4.78, 5) is 2.64. The Morgan fingerprint density at radius 1 is 0.417 bits per heavy atom. The van der Waals surface area contributed by atoms with E-state index in [2.05, 4.69) is 25.7 Å². The largest absolute Gasteiger partial charge is 0.303 e. The van der Waals surface area contributed by atoms with Gasteiger partial charge < -0.3 is 4.90 Å². The molecule has 0 atom stereocenters. The molecule has 201 valence electrons. The van der Waals surface area contributed by atoms with Gasteiger partial charge in [0.15, 0.2) is 58.2 Å². The van der Waals surface area contributed by atoms with E-state index in [0.717, 1.165) is 0 Å². The molecule has 2 aromatic carbocycles. The first-order valence-corrected chi connectivity index (χ1v) is 11.5. The minimum Gasteiger partial charge on any atom is -0.303 e. The van der Waals surface area contributed by atoms with Gasteiger partial charge in [-0.2, -0.15) is 0 Å². The molecule has 1 nitrogen and oxygen atoms in total. The maximum Gasteiger partial charge on any atom is 0.207 e. The van der Waals surface area contributed by atoms with E-state index in [1.807, 2.05) is 0 Å². The number of hydrogen-bond donors (Lipinski definition) is 0. The third-order valence-corrected chi connectivity index (χ3v) is 5.26. The molecule has 0 bridgehead atoms. The number of unbranched alkanes of at least 4 members (excludes halogenated alkanes) is 3. The summed E-state index contributed by atoms with van der Waals surface area (Å²) in [5.41, 5.74) is -3.71. The molecule has 0 aliphatic heterocycles. The summed E-state index contributed by atoms with van der Waals surface area (Å²) in [6.07, 6.45) is 8.09. The van der Waals surface area contributed by atoms with Crippen LogP contribution in [0, 0.1) is 58.2 Å². The minimum absolute atomic E-state index is 0.369. The van der Waals surface area contributed by atoms with Crippen molar-refractivity contribution in [2.24, 2.45) is 0 Å². The number of halogens is 10. The van der Waals surface area contributed by atoms with E-state index in [-0.39, 0.29) is 7.28 Å². The maximum atomic E-state index is 13.4. The highest BCUT2D eigenvalue weighted by molar-refractivity contribution is 6.67. The third-order valence-electron chi connectivity index (χ3n) is 5.26. The van der Waals surface area contributed by atoms with Gasteiger partial charge in [-0.1, -0.05) is 40.0 Å². The maximum absolute atomic E-state index is 13.4. The first kappa shape index (κ1) is 31.8. The fraction of sp³-hybridized carbons (Fsp3) is 0.500. The van der Waals surface area contributed by atoms with E-state index >= 15 is 0 Å². The second-order valence-electron chi connectivity index (χ2n) is 8.01. The molecule has 2 rings (SSSR count). The van der Waals surface area contributed by atoms with Gasteiger partial charge in [0.05, 0.1) is 0 Å². The van der Waals surface area contributed by atoms with Crippen LogP contribution < -0.4 is 10.9 Å². The second kappa shape index (κ2) is 15.1. The zero-order chi connectivity index (χ0) is 27.6. The van der Waals surface area contributed by atoms with Gasteiger partial charge in [-0.15, -0.1) is 0 Å². The van der Waals surface area contributed by atoms with Crippen LogP contribution in [-0.4, -0.2) is 31.8 Å². The van der Waals surface area contributed by atoms with Crippen molar-refractivity contribution in [3.8, 4) is 0 Å². The Bertz CT molecular complexity index is 871. The van der Waals surface area contributed by atoms with Crippen LogP contribution in [0.1, 0.15) is 59.3 Å². The smallest absolute Gasteiger partial charge is 0.207 e. The highest BCUT2D eigenvalue weighted by Crippen LogP contribution is 2.18. The average Bonchev–Trinajstić information content (AvgIpc) is 2.88. The lowest BCUT2D eigenvalue weighted by molar-refractivity contribution is 0.261. The molecule has 2 aromatic rings. The molecule has 0 aliphatic carbocycles. The summed E-state index contributed by atoms with van der Waals surface area (Å²) in [7, 11) is -0.369. The van der Waals surface area contributed by atoms with Crippen LogP contribution in [0.2, 0.25) is 0 Å². The molecule has 0 aromatic heterocycles. The van der Waals surface area contributed by atoms with Crippen LogP contribution in [0.5, 0.6) is 0 Å². The summed E-state index contributed by atoms with van der Waals surface area (Å²) in [5.74, 6) is -24.9. The monoisotopic (exact) mass is 530 g/mol. The van der Waals surface area contributed by atoms with Crippen LogP contribution in [0.4, 0.5) is 43.9 Å². The Morgan fingerprint density at radius 3 is 0.861 bits per heavy atom. The van der Waals surface area contributed by atoms with E-state index < -0.39 is 69.1 Å². The molecule has 0 unspecified atom stereocenters. The van der Waals surface area contributed by atoms with Gasteiger partial charge in [-0.3, -0.25) is 0 Å². The van der Waals surface area contributed by atoms with Crippen molar-refractivity contribution in [3.63, 3.8) is 0 Å². The zero-order valence-corrected chi connectivity index (χ0v) is 20.2. The van der Waals surface area contributed by atoms with Crippen LogP contribution in [-0.2, 0) is 0 Å². The third kappa shape index (κ3) is 7.88. The van der Waals surface area contributed by atoms with Gasteiger partial charge in [0.2, 0.25) is 7.28 Å².